The third kappa shape index (κ3) is 7.25. The van der Waals surface area contributed by atoms with Crippen molar-refractivity contribution in [3.05, 3.63) is 48.0 Å². The summed E-state index contributed by atoms with van der Waals surface area (Å²) in [4.78, 5) is 62.3. The number of nitrogens with one attached hydrogen (secondary N) is 1. The van der Waals surface area contributed by atoms with Crippen LogP contribution < -0.4 is 5.31 Å². The Labute approximate surface area is 243 Å². The number of nitrogens with zero attached hydrogens (tertiary/aromatic N) is 2. The van der Waals surface area contributed by atoms with E-state index in [0.29, 0.717) is 16.1 Å². The molecule has 2 heterocycles. The van der Waals surface area contributed by atoms with Crippen LogP contribution in [0.4, 0.5) is 0 Å². The standard InChI is InChI=1S/C29H33N3O10/c1-15(2)28(36)31-25-21(32-13-19-9-7-8-10-20(19)22(32)12-30)11-23(29(37)38-6)42-27(25)26(41-18(5)35)24(40-17(4)34)14-39-16(3)33/h7-11,13,15,21,24-27H,14H2,1-6H3,(H,31,36)/t21-,24+,25+,26+,27+/m0/s1/i/hD. The van der Waals surface area contributed by atoms with E-state index in [1.807, 2.05) is 0 Å². The van der Waals surface area contributed by atoms with Crippen LogP contribution in [0.15, 0.2) is 42.3 Å². The number of amides is 1. The van der Waals surface area contributed by atoms with Crippen molar-refractivity contribution in [2.24, 2.45) is 5.92 Å². The first-order valence-electron chi connectivity index (χ1n) is 13.5. The minimum absolute atomic E-state index is 0.151. The predicted molar refractivity (Wildman–Crippen MR) is 145 cm³/mol. The lowest BCUT2D eigenvalue weighted by molar-refractivity contribution is -0.188. The number of hydrogen-bond donors (Lipinski definition) is 1. The summed E-state index contributed by atoms with van der Waals surface area (Å²) in [5, 5.41) is 12.0. The zero-order valence-corrected chi connectivity index (χ0v) is 24.1. The van der Waals surface area contributed by atoms with E-state index in [9.17, 15) is 29.2 Å². The Balaban J connectivity index is 2.35. The Hall–Kier alpha value is -4.86. The number of carbonyl (C=O) groups excluding carboxylic acids is 5. The highest BCUT2D eigenvalue weighted by Gasteiger charge is 2.49. The van der Waals surface area contributed by atoms with Gasteiger partial charge in [-0.25, -0.2) is 4.79 Å². The molecule has 42 heavy (non-hydrogen) atoms. The van der Waals surface area contributed by atoms with Crippen molar-refractivity contribution in [2.45, 2.75) is 65.0 Å². The van der Waals surface area contributed by atoms with Gasteiger partial charge in [0.2, 0.25) is 11.7 Å². The van der Waals surface area contributed by atoms with Crippen LogP contribution in [0.3, 0.4) is 0 Å². The Morgan fingerprint density at radius 3 is 2.33 bits per heavy atom. The average molecular weight is 585 g/mol. The molecule has 1 N–H and O–H groups in total. The van der Waals surface area contributed by atoms with Crippen molar-refractivity contribution < 1.29 is 49.1 Å². The minimum Gasteiger partial charge on any atom is -0.477 e. The van der Waals surface area contributed by atoms with Gasteiger partial charge in [-0.2, -0.15) is 5.26 Å². The first kappa shape index (κ1) is 30.1. The summed E-state index contributed by atoms with van der Waals surface area (Å²) in [5.41, 5.74) is 0.151. The molecule has 0 saturated carbocycles. The summed E-state index contributed by atoms with van der Waals surface area (Å²) in [5.74, 6) is -5.10. The number of aromatic nitrogens is 1. The second-order valence-electron chi connectivity index (χ2n) is 9.82. The molecule has 0 spiro atoms. The van der Waals surface area contributed by atoms with Gasteiger partial charge in [0.1, 0.15) is 18.4 Å². The van der Waals surface area contributed by atoms with Gasteiger partial charge in [0.05, 0.1) is 19.2 Å². The number of fused-ring (bicyclic) bond motifs is 1. The summed E-state index contributed by atoms with van der Waals surface area (Å²) in [6.07, 6.45) is -1.76. The smallest absolute Gasteiger partial charge is 0.373 e. The first-order valence-corrected chi connectivity index (χ1v) is 13.1. The Morgan fingerprint density at radius 2 is 1.76 bits per heavy atom. The van der Waals surface area contributed by atoms with Crippen molar-refractivity contribution in [3.8, 4) is 6.07 Å². The maximum Gasteiger partial charge on any atom is 0.373 e. The Morgan fingerprint density at radius 1 is 1.10 bits per heavy atom. The molecule has 0 radical (unpaired) electrons. The SMILES string of the molecule is [2H]N(C(=O)C(C)C)[C@H]1[C@H]([C@H](OC(C)=O)[C@@H](COC(C)=O)OC(C)=O)OC(C(=O)OC)=C[C@@H]1n1cc2ccccc2c1C#N. The Bertz CT molecular complexity index is 1480. The molecule has 1 amide bonds. The molecule has 224 valence electrons. The third-order valence-electron chi connectivity index (χ3n) is 6.37. The highest BCUT2D eigenvalue weighted by Crippen LogP contribution is 2.35. The molecule has 0 fully saturated rings. The normalized spacial score (nSPS) is 19.7. The predicted octanol–water partition coefficient (Wildman–Crippen LogP) is 2.08. The largest absolute Gasteiger partial charge is 0.477 e. The zero-order valence-electron chi connectivity index (χ0n) is 25.1. The van der Waals surface area contributed by atoms with Gasteiger partial charge in [-0.15, -0.1) is 0 Å². The van der Waals surface area contributed by atoms with Gasteiger partial charge in [0.25, 0.3) is 0 Å². The summed E-state index contributed by atoms with van der Waals surface area (Å²) in [7, 11) is 1.11. The molecule has 2 aromatic rings. The van der Waals surface area contributed by atoms with Crippen LogP contribution in [0.1, 0.15) is 46.4 Å². The van der Waals surface area contributed by atoms with Gasteiger partial charge >= 0.3 is 23.9 Å². The van der Waals surface area contributed by atoms with Gasteiger partial charge in [0, 0.05) is 43.7 Å². The summed E-state index contributed by atoms with van der Waals surface area (Å²) in [6.45, 7) is 5.83. The lowest BCUT2D eigenvalue weighted by Gasteiger charge is -2.42. The van der Waals surface area contributed by atoms with Crippen molar-refractivity contribution in [3.63, 3.8) is 0 Å². The molecule has 0 aliphatic carbocycles. The van der Waals surface area contributed by atoms with Crippen LogP contribution in [-0.4, -0.2) is 72.4 Å². The van der Waals surface area contributed by atoms with E-state index < -0.39 is 72.7 Å². The molecule has 1 aromatic carbocycles. The fraction of sp³-hybridized carbons (Fsp3) is 0.448. The number of carbonyl (C=O) groups is 5. The molecular weight excluding hydrogens is 550 g/mol. The Kier molecular flexibility index (Phi) is 9.80. The first-order chi connectivity index (χ1) is 20.3. The van der Waals surface area contributed by atoms with Crippen LogP contribution in [-0.2, 0) is 47.7 Å². The van der Waals surface area contributed by atoms with Gasteiger partial charge in [-0.05, 0) is 6.08 Å². The van der Waals surface area contributed by atoms with Crippen LogP contribution >= 0.6 is 0 Å². The fourth-order valence-corrected chi connectivity index (χ4v) is 4.56. The third-order valence-corrected chi connectivity index (χ3v) is 6.37. The molecule has 1 aliphatic heterocycles. The van der Waals surface area contributed by atoms with E-state index in [0.717, 1.165) is 27.9 Å². The van der Waals surface area contributed by atoms with Crippen LogP contribution in [0, 0.1) is 17.2 Å². The van der Waals surface area contributed by atoms with E-state index in [1.54, 1.807) is 44.3 Å². The summed E-state index contributed by atoms with van der Waals surface area (Å²) < 4.78 is 37.3. The number of esters is 4. The molecule has 0 unspecified atom stereocenters. The molecular formula is C29H33N3O10. The van der Waals surface area contributed by atoms with Crippen molar-refractivity contribution in [2.75, 3.05) is 13.7 Å². The van der Waals surface area contributed by atoms with E-state index in [-0.39, 0.29) is 11.5 Å². The average Bonchev–Trinajstić information content (AvgIpc) is 3.34. The highest BCUT2D eigenvalue weighted by atomic mass is 16.6. The summed E-state index contributed by atoms with van der Waals surface area (Å²) in [6, 6.07) is 6.60. The second kappa shape index (κ2) is 13.7. The van der Waals surface area contributed by atoms with E-state index in [4.69, 9.17) is 25.1 Å². The van der Waals surface area contributed by atoms with E-state index in [1.165, 1.54) is 10.6 Å². The molecule has 3 rings (SSSR count). The molecule has 13 nitrogen and oxygen atoms in total. The zero-order chi connectivity index (χ0) is 32.0. The van der Waals surface area contributed by atoms with E-state index in [2.05, 4.69) is 6.07 Å². The number of methoxy groups -OCH3 is 1. The quantitative estimate of drug-likeness (QED) is 0.320. The molecule has 1 aromatic heterocycles. The topological polar surface area (TPSA) is 172 Å². The van der Waals surface area contributed by atoms with Crippen molar-refractivity contribution in [1.82, 2.24) is 9.88 Å². The number of hydrogen-bond acceptors (Lipinski definition) is 11. The molecule has 5 atom stereocenters. The van der Waals surface area contributed by atoms with E-state index >= 15 is 0 Å². The number of nitriles is 1. The van der Waals surface area contributed by atoms with Crippen molar-refractivity contribution in [1.29, 1.82) is 5.26 Å². The maximum atomic E-state index is 13.3. The number of rotatable bonds is 10. The second-order valence-corrected chi connectivity index (χ2v) is 9.82. The lowest BCUT2D eigenvalue weighted by Crippen LogP contribution is -2.60. The minimum atomic E-state index is -1.62. The fourth-order valence-electron chi connectivity index (χ4n) is 4.56. The highest BCUT2D eigenvalue weighted by molar-refractivity contribution is 5.89. The van der Waals surface area contributed by atoms with Crippen LogP contribution in [0.5, 0.6) is 0 Å². The van der Waals surface area contributed by atoms with Crippen LogP contribution in [0.25, 0.3) is 10.8 Å². The number of ether oxygens (including phenoxy) is 5. The molecule has 1 aliphatic rings. The number of benzene rings is 1. The molecule has 0 saturated heterocycles. The van der Waals surface area contributed by atoms with Crippen LogP contribution in [0.2, 0.25) is 1.41 Å². The monoisotopic (exact) mass is 584 g/mol. The van der Waals surface area contributed by atoms with Gasteiger partial charge < -0.3 is 33.6 Å². The molecule has 0 bridgehead atoms. The molecule has 13 heteroatoms. The summed E-state index contributed by atoms with van der Waals surface area (Å²) >= 11 is 0. The van der Waals surface area contributed by atoms with Gasteiger partial charge in [0.15, 0.2) is 19.7 Å². The lowest BCUT2D eigenvalue weighted by atomic mass is 9.90. The van der Waals surface area contributed by atoms with Crippen molar-refractivity contribution >= 4 is 40.6 Å². The van der Waals surface area contributed by atoms with Gasteiger partial charge in [-0.3, -0.25) is 19.2 Å². The van der Waals surface area contributed by atoms with Gasteiger partial charge in [-0.1, -0.05) is 38.1 Å². The maximum absolute atomic E-state index is 13.3.